The normalized spacial score (nSPS) is 10.6. The summed E-state index contributed by atoms with van der Waals surface area (Å²) in [5.74, 6) is 2.03. The zero-order valence-electron chi connectivity index (χ0n) is 7.58. The first-order valence-corrected chi connectivity index (χ1v) is 5.17. The van der Waals surface area contributed by atoms with Crippen molar-refractivity contribution in [3.63, 3.8) is 0 Å². The van der Waals surface area contributed by atoms with Gasteiger partial charge in [0.1, 0.15) is 0 Å². The highest BCUT2D eigenvalue weighted by molar-refractivity contribution is 7.98. The number of hydrogen-bond donors (Lipinski definition) is 1. The van der Waals surface area contributed by atoms with Crippen molar-refractivity contribution in [1.29, 1.82) is 0 Å². The van der Waals surface area contributed by atoms with E-state index in [9.17, 15) is 0 Å². The Balaban J connectivity index is 2.45. The molecule has 0 aliphatic rings. The minimum absolute atomic E-state index is 0.751. The quantitative estimate of drug-likeness (QED) is 0.709. The van der Waals surface area contributed by atoms with Crippen molar-refractivity contribution in [2.75, 3.05) is 12.3 Å². The van der Waals surface area contributed by atoms with E-state index >= 15 is 0 Å². The Bertz CT molecular complexity index is 244. The molecule has 0 bridgehead atoms. The Kier molecular flexibility index (Phi) is 3.62. The number of rotatable bonds is 4. The molecule has 1 heterocycles. The lowest BCUT2D eigenvalue weighted by molar-refractivity contribution is 0.727. The molecule has 68 valence electrons. The van der Waals surface area contributed by atoms with Crippen LogP contribution in [0.4, 0.5) is 0 Å². The molecule has 1 rings (SSSR count). The van der Waals surface area contributed by atoms with Gasteiger partial charge in [0.05, 0.1) is 5.69 Å². The molecule has 3 nitrogen and oxygen atoms in total. The fourth-order valence-corrected chi connectivity index (χ4v) is 1.85. The van der Waals surface area contributed by atoms with Crippen molar-refractivity contribution in [2.24, 2.45) is 12.8 Å². The molecule has 4 heteroatoms. The van der Waals surface area contributed by atoms with E-state index in [4.69, 9.17) is 5.73 Å². The average molecular weight is 185 g/mol. The van der Waals surface area contributed by atoms with Crippen LogP contribution in [0.3, 0.4) is 0 Å². The molecular formula is C8H15N3S. The van der Waals surface area contributed by atoms with Crippen molar-refractivity contribution in [2.45, 2.75) is 12.7 Å². The molecular weight excluding hydrogens is 170 g/mol. The molecule has 0 aliphatic heterocycles. The zero-order valence-corrected chi connectivity index (χ0v) is 8.40. The second-order valence-corrected chi connectivity index (χ2v) is 3.85. The SMILES string of the molecule is Cc1cc(CSCCN)n(C)n1. The molecule has 0 radical (unpaired) electrons. The van der Waals surface area contributed by atoms with Gasteiger partial charge in [-0.15, -0.1) is 0 Å². The minimum atomic E-state index is 0.751. The lowest BCUT2D eigenvalue weighted by Crippen LogP contribution is -2.02. The number of thioether (sulfide) groups is 1. The van der Waals surface area contributed by atoms with Crippen LogP contribution in [-0.2, 0) is 12.8 Å². The molecule has 0 unspecified atom stereocenters. The largest absolute Gasteiger partial charge is 0.330 e. The van der Waals surface area contributed by atoms with Gasteiger partial charge < -0.3 is 5.73 Å². The summed E-state index contributed by atoms with van der Waals surface area (Å²) in [6.45, 7) is 2.76. The average Bonchev–Trinajstić information content (AvgIpc) is 2.31. The summed E-state index contributed by atoms with van der Waals surface area (Å²) in [6, 6.07) is 2.11. The lowest BCUT2D eigenvalue weighted by Gasteiger charge is -1.99. The maximum Gasteiger partial charge on any atom is 0.0596 e. The van der Waals surface area contributed by atoms with Crippen LogP contribution in [0.5, 0.6) is 0 Å². The second kappa shape index (κ2) is 4.52. The molecule has 0 fully saturated rings. The minimum Gasteiger partial charge on any atom is -0.330 e. The van der Waals surface area contributed by atoms with Crippen LogP contribution in [0.15, 0.2) is 6.07 Å². The van der Waals surface area contributed by atoms with Crippen molar-refractivity contribution in [3.05, 3.63) is 17.5 Å². The Hall–Kier alpha value is -0.480. The Morgan fingerprint density at radius 1 is 1.67 bits per heavy atom. The van der Waals surface area contributed by atoms with Crippen LogP contribution in [-0.4, -0.2) is 22.1 Å². The predicted octanol–water partition coefficient (Wildman–Crippen LogP) is 0.920. The van der Waals surface area contributed by atoms with Gasteiger partial charge in [-0.1, -0.05) is 0 Å². The van der Waals surface area contributed by atoms with Gasteiger partial charge in [-0.25, -0.2) is 0 Å². The first-order chi connectivity index (χ1) is 5.74. The molecule has 0 atom stereocenters. The van der Waals surface area contributed by atoms with E-state index in [1.165, 1.54) is 5.69 Å². The van der Waals surface area contributed by atoms with Gasteiger partial charge in [0.25, 0.3) is 0 Å². The van der Waals surface area contributed by atoms with E-state index in [0.717, 1.165) is 23.7 Å². The van der Waals surface area contributed by atoms with Gasteiger partial charge in [0.2, 0.25) is 0 Å². The van der Waals surface area contributed by atoms with Crippen LogP contribution in [0.1, 0.15) is 11.4 Å². The van der Waals surface area contributed by atoms with Crippen LogP contribution in [0.25, 0.3) is 0 Å². The smallest absolute Gasteiger partial charge is 0.0596 e. The predicted molar refractivity (Wildman–Crippen MR) is 53.2 cm³/mol. The first-order valence-electron chi connectivity index (χ1n) is 4.01. The van der Waals surface area contributed by atoms with Crippen molar-refractivity contribution >= 4 is 11.8 Å². The topological polar surface area (TPSA) is 43.8 Å². The molecule has 0 spiro atoms. The van der Waals surface area contributed by atoms with Crippen LogP contribution >= 0.6 is 11.8 Å². The first kappa shape index (κ1) is 9.61. The van der Waals surface area contributed by atoms with E-state index < -0.39 is 0 Å². The van der Waals surface area contributed by atoms with E-state index in [2.05, 4.69) is 11.2 Å². The summed E-state index contributed by atoms with van der Waals surface area (Å²) < 4.78 is 1.93. The fraction of sp³-hybridized carbons (Fsp3) is 0.625. The summed E-state index contributed by atoms with van der Waals surface area (Å²) in [6.07, 6.45) is 0. The molecule has 1 aromatic heterocycles. The van der Waals surface area contributed by atoms with Gasteiger partial charge >= 0.3 is 0 Å². The third kappa shape index (κ3) is 2.53. The van der Waals surface area contributed by atoms with E-state index in [0.29, 0.717) is 0 Å². The molecule has 0 saturated heterocycles. The van der Waals surface area contributed by atoms with Gasteiger partial charge in [0, 0.05) is 30.8 Å². The Morgan fingerprint density at radius 3 is 2.92 bits per heavy atom. The fourth-order valence-electron chi connectivity index (χ4n) is 1.06. The molecule has 0 amide bonds. The highest BCUT2D eigenvalue weighted by atomic mass is 32.2. The van der Waals surface area contributed by atoms with E-state index in [1.54, 1.807) is 0 Å². The van der Waals surface area contributed by atoms with Crippen LogP contribution in [0.2, 0.25) is 0 Å². The zero-order chi connectivity index (χ0) is 8.97. The number of aromatic nitrogens is 2. The van der Waals surface area contributed by atoms with Crippen LogP contribution in [0, 0.1) is 6.92 Å². The van der Waals surface area contributed by atoms with E-state index in [-0.39, 0.29) is 0 Å². The summed E-state index contributed by atoms with van der Waals surface area (Å²) in [7, 11) is 1.98. The molecule has 1 aromatic rings. The monoisotopic (exact) mass is 185 g/mol. The summed E-state index contributed by atoms with van der Waals surface area (Å²) in [5.41, 5.74) is 7.75. The van der Waals surface area contributed by atoms with Gasteiger partial charge in [-0.2, -0.15) is 16.9 Å². The molecule has 0 aliphatic carbocycles. The summed E-state index contributed by atoms with van der Waals surface area (Å²) in [4.78, 5) is 0. The maximum absolute atomic E-state index is 5.39. The maximum atomic E-state index is 5.39. The molecule has 0 aromatic carbocycles. The third-order valence-corrected chi connectivity index (χ3v) is 2.64. The lowest BCUT2D eigenvalue weighted by atomic mass is 10.4. The van der Waals surface area contributed by atoms with Crippen molar-refractivity contribution < 1.29 is 0 Å². The number of hydrogen-bond acceptors (Lipinski definition) is 3. The second-order valence-electron chi connectivity index (χ2n) is 2.74. The van der Waals surface area contributed by atoms with Gasteiger partial charge in [-0.3, -0.25) is 4.68 Å². The molecule has 2 N–H and O–H groups in total. The summed E-state index contributed by atoms with van der Waals surface area (Å²) >= 11 is 1.85. The van der Waals surface area contributed by atoms with Gasteiger partial charge in [-0.05, 0) is 13.0 Å². The van der Waals surface area contributed by atoms with Crippen LogP contribution < -0.4 is 5.73 Å². The van der Waals surface area contributed by atoms with Crippen molar-refractivity contribution in [1.82, 2.24) is 9.78 Å². The Morgan fingerprint density at radius 2 is 2.42 bits per heavy atom. The third-order valence-electron chi connectivity index (χ3n) is 1.61. The standard InChI is InChI=1S/C8H15N3S/c1-7-5-8(11(2)10-7)6-12-4-3-9/h5H,3-4,6,9H2,1-2H3. The highest BCUT2D eigenvalue weighted by Gasteiger charge is 2.00. The summed E-state index contributed by atoms with van der Waals surface area (Å²) in [5, 5.41) is 4.26. The van der Waals surface area contributed by atoms with E-state index in [1.807, 2.05) is 30.4 Å². The Labute approximate surface area is 77.3 Å². The number of nitrogens with two attached hydrogens (primary N) is 1. The van der Waals surface area contributed by atoms with Gasteiger partial charge in [0.15, 0.2) is 0 Å². The molecule has 12 heavy (non-hydrogen) atoms. The highest BCUT2D eigenvalue weighted by Crippen LogP contribution is 2.11. The number of aryl methyl sites for hydroxylation is 2. The number of nitrogens with zero attached hydrogens (tertiary/aromatic N) is 2. The van der Waals surface area contributed by atoms with Crippen molar-refractivity contribution in [3.8, 4) is 0 Å². The molecule has 0 saturated carbocycles.